The normalized spacial score (nSPS) is 14.8. The van der Waals surface area contributed by atoms with E-state index in [1.54, 1.807) is 6.07 Å². The lowest BCUT2D eigenvalue weighted by Gasteiger charge is -1.94. The summed E-state index contributed by atoms with van der Waals surface area (Å²) in [6, 6.07) is 5.02. The Labute approximate surface area is 96.8 Å². The van der Waals surface area contributed by atoms with Crippen molar-refractivity contribution in [1.29, 1.82) is 0 Å². The highest BCUT2D eigenvalue weighted by atomic mass is 16.6. The van der Waals surface area contributed by atoms with Crippen LogP contribution in [-0.4, -0.2) is 20.1 Å². The van der Waals surface area contributed by atoms with Crippen molar-refractivity contribution in [3.8, 4) is 11.4 Å². The number of nitrogens with one attached hydrogen (secondary N) is 1. The lowest BCUT2D eigenvalue weighted by atomic mass is 10.2. The molecule has 0 atom stereocenters. The summed E-state index contributed by atoms with van der Waals surface area (Å²) in [5, 5.41) is 17.6. The van der Waals surface area contributed by atoms with Gasteiger partial charge in [-0.3, -0.25) is 15.2 Å². The fourth-order valence-corrected chi connectivity index (χ4v) is 1.72. The van der Waals surface area contributed by atoms with E-state index in [1.807, 2.05) is 6.07 Å². The van der Waals surface area contributed by atoms with Crippen LogP contribution in [0, 0.1) is 10.1 Å². The summed E-state index contributed by atoms with van der Waals surface area (Å²) in [7, 11) is 0. The number of H-pyrrole nitrogens is 1. The van der Waals surface area contributed by atoms with Crippen molar-refractivity contribution in [2.24, 2.45) is 0 Å². The summed E-state index contributed by atoms with van der Waals surface area (Å²) in [6.45, 7) is 0. The average molecular weight is 230 g/mol. The summed E-state index contributed by atoms with van der Waals surface area (Å²) in [5.74, 6) is 0.606. The SMILES string of the molecule is O=[N+]([O-])c1ccc(-c2cc(C3CC3)[nH]n2)nc1. The maximum atomic E-state index is 10.5. The highest BCUT2D eigenvalue weighted by Gasteiger charge is 2.25. The molecule has 1 aliphatic rings. The third-order valence-electron chi connectivity index (χ3n) is 2.84. The molecule has 1 saturated carbocycles. The summed E-state index contributed by atoms with van der Waals surface area (Å²) >= 11 is 0. The number of hydrogen-bond acceptors (Lipinski definition) is 4. The molecule has 0 radical (unpaired) electrons. The van der Waals surface area contributed by atoms with Gasteiger partial charge in [-0.15, -0.1) is 0 Å². The first-order valence-corrected chi connectivity index (χ1v) is 5.40. The van der Waals surface area contributed by atoms with Crippen molar-refractivity contribution in [3.05, 3.63) is 40.2 Å². The summed E-state index contributed by atoms with van der Waals surface area (Å²) in [5.41, 5.74) is 2.51. The molecule has 1 aliphatic carbocycles. The van der Waals surface area contributed by atoms with Gasteiger partial charge in [0.15, 0.2) is 0 Å². The van der Waals surface area contributed by atoms with Crippen LogP contribution in [0.15, 0.2) is 24.4 Å². The van der Waals surface area contributed by atoms with Gasteiger partial charge in [0.2, 0.25) is 0 Å². The monoisotopic (exact) mass is 230 g/mol. The second kappa shape index (κ2) is 3.65. The molecule has 17 heavy (non-hydrogen) atoms. The number of nitrogens with zero attached hydrogens (tertiary/aromatic N) is 3. The number of rotatable bonds is 3. The minimum absolute atomic E-state index is 0.00768. The number of hydrogen-bond donors (Lipinski definition) is 1. The highest BCUT2D eigenvalue weighted by Crippen LogP contribution is 2.39. The van der Waals surface area contributed by atoms with Crippen molar-refractivity contribution >= 4 is 5.69 Å². The van der Waals surface area contributed by atoms with Crippen LogP contribution < -0.4 is 0 Å². The van der Waals surface area contributed by atoms with Crippen LogP contribution in [0.1, 0.15) is 24.5 Å². The molecular formula is C11H10N4O2. The van der Waals surface area contributed by atoms with Gasteiger partial charge < -0.3 is 0 Å². The Hall–Kier alpha value is -2.24. The molecule has 0 unspecified atom stereocenters. The molecule has 3 rings (SSSR count). The molecule has 0 saturated heterocycles. The van der Waals surface area contributed by atoms with Crippen LogP contribution in [0.5, 0.6) is 0 Å². The average Bonchev–Trinajstić information content (AvgIpc) is 3.07. The Balaban J connectivity index is 1.89. The maximum absolute atomic E-state index is 10.5. The van der Waals surface area contributed by atoms with Crippen molar-refractivity contribution in [2.75, 3.05) is 0 Å². The molecule has 0 aromatic carbocycles. The van der Waals surface area contributed by atoms with E-state index in [0.717, 1.165) is 11.4 Å². The third-order valence-corrected chi connectivity index (χ3v) is 2.84. The van der Waals surface area contributed by atoms with Gasteiger partial charge in [0.1, 0.15) is 11.9 Å². The number of aromatic nitrogens is 3. The van der Waals surface area contributed by atoms with Gasteiger partial charge in [0.05, 0.1) is 10.6 Å². The highest BCUT2D eigenvalue weighted by molar-refractivity contribution is 5.55. The predicted molar refractivity (Wildman–Crippen MR) is 60.4 cm³/mol. The van der Waals surface area contributed by atoms with Crippen molar-refractivity contribution < 1.29 is 4.92 Å². The predicted octanol–water partition coefficient (Wildman–Crippen LogP) is 2.26. The molecule has 0 spiro atoms. The maximum Gasteiger partial charge on any atom is 0.287 e. The smallest absolute Gasteiger partial charge is 0.282 e. The molecule has 1 fully saturated rings. The van der Waals surface area contributed by atoms with Gasteiger partial charge in [-0.25, -0.2) is 4.98 Å². The van der Waals surface area contributed by atoms with E-state index in [-0.39, 0.29) is 5.69 Å². The molecule has 0 aliphatic heterocycles. The van der Waals surface area contributed by atoms with Crippen LogP contribution in [0.4, 0.5) is 5.69 Å². The minimum Gasteiger partial charge on any atom is -0.282 e. The molecular weight excluding hydrogens is 220 g/mol. The lowest BCUT2D eigenvalue weighted by molar-refractivity contribution is -0.385. The van der Waals surface area contributed by atoms with Crippen molar-refractivity contribution in [1.82, 2.24) is 15.2 Å². The first kappa shape index (κ1) is 9.95. The fraction of sp³-hybridized carbons (Fsp3) is 0.273. The van der Waals surface area contributed by atoms with Gasteiger partial charge in [-0.1, -0.05) is 0 Å². The van der Waals surface area contributed by atoms with Gasteiger partial charge in [-0.2, -0.15) is 5.10 Å². The number of pyridine rings is 1. The van der Waals surface area contributed by atoms with Crippen LogP contribution in [0.25, 0.3) is 11.4 Å². The Bertz CT molecular complexity index is 557. The molecule has 6 nitrogen and oxygen atoms in total. The Morgan fingerprint density at radius 2 is 2.18 bits per heavy atom. The van der Waals surface area contributed by atoms with Crippen molar-refractivity contribution in [3.63, 3.8) is 0 Å². The van der Waals surface area contributed by atoms with E-state index >= 15 is 0 Å². The van der Waals surface area contributed by atoms with Crippen molar-refractivity contribution in [2.45, 2.75) is 18.8 Å². The van der Waals surface area contributed by atoms with E-state index in [1.165, 1.54) is 25.1 Å². The largest absolute Gasteiger partial charge is 0.287 e. The zero-order valence-electron chi connectivity index (χ0n) is 8.96. The van der Waals surface area contributed by atoms with Crippen LogP contribution in [-0.2, 0) is 0 Å². The Morgan fingerprint density at radius 1 is 1.35 bits per heavy atom. The van der Waals surface area contributed by atoms with E-state index in [0.29, 0.717) is 11.6 Å². The van der Waals surface area contributed by atoms with E-state index in [2.05, 4.69) is 15.2 Å². The zero-order valence-corrected chi connectivity index (χ0v) is 8.96. The molecule has 6 heteroatoms. The number of aromatic amines is 1. The minimum atomic E-state index is -0.461. The van der Waals surface area contributed by atoms with E-state index in [4.69, 9.17) is 0 Å². The van der Waals surface area contributed by atoms with Gasteiger partial charge in [0, 0.05) is 17.7 Å². The number of nitro groups is 1. The molecule has 0 amide bonds. The first-order valence-electron chi connectivity index (χ1n) is 5.40. The van der Waals surface area contributed by atoms with Crippen LogP contribution in [0.3, 0.4) is 0 Å². The van der Waals surface area contributed by atoms with Gasteiger partial charge >= 0.3 is 0 Å². The molecule has 2 aromatic heterocycles. The quantitative estimate of drug-likeness (QED) is 0.647. The molecule has 2 heterocycles. The summed E-state index contributed by atoms with van der Waals surface area (Å²) in [6.07, 6.45) is 3.66. The third kappa shape index (κ3) is 1.89. The summed E-state index contributed by atoms with van der Waals surface area (Å²) < 4.78 is 0. The lowest BCUT2D eigenvalue weighted by Crippen LogP contribution is -1.90. The van der Waals surface area contributed by atoms with E-state index < -0.39 is 4.92 Å². The topological polar surface area (TPSA) is 84.7 Å². The van der Waals surface area contributed by atoms with Crippen LogP contribution >= 0.6 is 0 Å². The van der Waals surface area contributed by atoms with E-state index in [9.17, 15) is 10.1 Å². The Morgan fingerprint density at radius 3 is 2.76 bits per heavy atom. The molecule has 86 valence electrons. The fourth-order valence-electron chi connectivity index (χ4n) is 1.72. The second-order valence-electron chi connectivity index (χ2n) is 4.14. The van der Waals surface area contributed by atoms with Gasteiger partial charge in [0.25, 0.3) is 5.69 Å². The summed E-state index contributed by atoms with van der Waals surface area (Å²) in [4.78, 5) is 14.1. The van der Waals surface area contributed by atoms with Gasteiger partial charge in [-0.05, 0) is 25.0 Å². The Kier molecular flexibility index (Phi) is 2.14. The zero-order chi connectivity index (χ0) is 11.8. The molecule has 1 N–H and O–H groups in total. The standard InChI is InChI=1S/C11H10N4O2/c16-15(17)8-3-4-9(12-6-8)11-5-10(13-14-11)7-1-2-7/h3-7H,1-2H2,(H,13,14). The molecule has 0 bridgehead atoms. The molecule has 2 aromatic rings. The second-order valence-corrected chi connectivity index (χ2v) is 4.14. The van der Waals surface area contributed by atoms with Crippen LogP contribution in [0.2, 0.25) is 0 Å². The first-order chi connectivity index (χ1) is 8.24.